The molecule has 27 heavy (non-hydrogen) atoms. The number of hydrogen-bond donors (Lipinski definition) is 1. The molecule has 6 heteroatoms. The summed E-state index contributed by atoms with van der Waals surface area (Å²) < 4.78 is 13.8. The second-order valence-corrected chi connectivity index (χ2v) is 5.99. The Morgan fingerprint density at radius 2 is 1.63 bits per heavy atom. The molecular weight excluding hydrogens is 343 g/mol. The molecule has 0 saturated heterocycles. The first-order chi connectivity index (χ1) is 13.2. The van der Waals surface area contributed by atoms with Crippen molar-refractivity contribution in [2.75, 3.05) is 0 Å². The Bertz CT molecular complexity index is 1100. The van der Waals surface area contributed by atoms with E-state index in [9.17, 15) is 9.18 Å². The molecule has 0 atom stereocenters. The van der Waals surface area contributed by atoms with Crippen molar-refractivity contribution in [1.29, 1.82) is 0 Å². The maximum atomic E-state index is 13.8. The first-order valence-electron chi connectivity index (χ1n) is 8.38. The third-order valence-corrected chi connectivity index (χ3v) is 4.19. The number of rotatable bonds is 4. The number of halogens is 1. The van der Waals surface area contributed by atoms with Crippen LogP contribution in [-0.4, -0.2) is 20.9 Å². The van der Waals surface area contributed by atoms with Crippen molar-refractivity contribution in [2.24, 2.45) is 0 Å². The highest BCUT2D eigenvalue weighted by Gasteiger charge is 2.14. The first kappa shape index (κ1) is 16.8. The zero-order valence-corrected chi connectivity index (χ0v) is 14.3. The number of benzene rings is 1. The van der Waals surface area contributed by atoms with Gasteiger partial charge in [0.15, 0.2) is 0 Å². The third-order valence-electron chi connectivity index (χ3n) is 4.19. The smallest absolute Gasteiger partial charge is 0.252 e. The van der Waals surface area contributed by atoms with Crippen molar-refractivity contribution in [3.05, 3.63) is 90.3 Å². The van der Waals surface area contributed by atoms with Crippen LogP contribution in [0.5, 0.6) is 0 Å². The van der Waals surface area contributed by atoms with Gasteiger partial charge in [-0.05, 0) is 54.1 Å². The normalized spacial score (nSPS) is 10.7. The predicted molar refractivity (Wildman–Crippen MR) is 100 cm³/mol. The Labute approximate surface area is 154 Å². The quantitative estimate of drug-likeness (QED) is 0.603. The van der Waals surface area contributed by atoms with Gasteiger partial charge in [0.1, 0.15) is 5.82 Å². The van der Waals surface area contributed by atoms with E-state index in [4.69, 9.17) is 0 Å². The molecular formula is C21H15FN4O. The maximum absolute atomic E-state index is 13.8. The number of hydrogen-bond acceptors (Lipinski definition) is 4. The number of carbonyl (C=O) groups is 1. The summed E-state index contributed by atoms with van der Waals surface area (Å²) >= 11 is 0. The van der Waals surface area contributed by atoms with Crippen LogP contribution in [0.4, 0.5) is 4.39 Å². The zero-order chi connectivity index (χ0) is 18.6. The Kier molecular flexibility index (Phi) is 4.53. The summed E-state index contributed by atoms with van der Waals surface area (Å²) in [5.74, 6) is -0.704. The maximum Gasteiger partial charge on any atom is 0.252 e. The van der Waals surface area contributed by atoms with Crippen LogP contribution < -0.4 is 5.32 Å². The van der Waals surface area contributed by atoms with Crippen molar-refractivity contribution < 1.29 is 9.18 Å². The molecule has 0 radical (unpaired) electrons. The summed E-state index contributed by atoms with van der Waals surface area (Å²) in [4.78, 5) is 25.4. The van der Waals surface area contributed by atoms with E-state index < -0.39 is 5.82 Å². The van der Waals surface area contributed by atoms with Gasteiger partial charge in [0.2, 0.25) is 0 Å². The Morgan fingerprint density at radius 1 is 0.926 bits per heavy atom. The molecule has 0 fully saturated rings. The van der Waals surface area contributed by atoms with E-state index in [0.717, 1.165) is 11.1 Å². The van der Waals surface area contributed by atoms with Crippen LogP contribution in [0.1, 0.15) is 15.9 Å². The van der Waals surface area contributed by atoms with Crippen LogP contribution in [0.2, 0.25) is 0 Å². The number of aromatic nitrogens is 3. The van der Waals surface area contributed by atoms with E-state index in [1.807, 2.05) is 24.3 Å². The fourth-order valence-electron chi connectivity index (χ4n) is 2.83. The average Bonchev–Trinajstić information content (AvgIpc) is 2.72. The molecule has 1 aromatic carbocycles. The van der Waals surface area contributed by atoms with Crippen molar-refractivity contribution in [3.8, 4) is 11.3 Å². The SMILES string of the molecule is O=C(NCc1ccncc1)c1cc(-c2ccncc2)nc2ccc(F)cc12. The van der Waals surface area contributed by atoms with Gasteiger partial charge in [0, 0.05) is 42.3 Å². The lowest BCUT2D eigenvalue weighted by Gasteiger charge is -2.11. The fraction of sp³-hybridized carbons (Fsp3) is 0.0476. The molecule has 0 bridgehead atoms. The minimum atomic E-state index is -0.413. The number of fused-ring (bicyclic) bond motifs is 1. The molecule has 0 saturated carbocycles. The predicted octanol–water partition coefficient (Wildman–Crippen LogP) is 3.76. The molecule has 0 aliphatic rings. The van der Waals surface area contributed by atoms with Crippen molar-refractivity contribution in [1.82, 2.24) is 20.3 Å². The van der Waals surface area contributed by atoms with Crippen LogP contribution in [0, 0.1) is 5.82 Å². The molecule has 1 amide bonds. The van der Waals surface area contributed by atoms with E-state index in [2.05, 4.69) is 20.3 Å². The number of nitrogens with zero attached hydrogens (tertiary/aromatic N) is 3. The number of carbonyl (C=O) groups excluding carboxylic acids is 1. The summed E-state index contributed by atoms with van der Waals surface area (Å²) in [6.45, 7) is 0.352. The Balaban J connectivity index is 1.75. The van der Waals surface area contributed by atoms with E-state index in [1.165, 1.54) is 12.1 Å². The van der Waals surface area contributed by atoms with E-state index in [-0.39, 0.29) is 5.91 Å². The van der Waals surface area contributed by atoms with E-state index in [1.54, 1.807) is 36.9 Å². The van der Waals surface area contributed by atoms with Crippen molar-refractivity contribution in [3.63, 3.8) is 0 Å². The first-order valence-corrected chi connectivity index (χ1v) is 8.38. The zero-order valence-electron chi connectivity index (χ0n) is 14.3. The second kappa shape index (κ2) is 7.29. The average molecular weight is 358 g/mol. The van der Waals surface area contributed by atoms with Crippen LogP contribution in [0.25, 0.3) is 22.2 Å². The van der Waals surface area contributed by atoms with Gasteiger partial charge in [0.25, 0.3) is 5.91 Å². The molecule has 0 aliphatic carbocycles. The van der Waals surface area contributed by atoms with Crippen LogP contribution in [0.15, 0.2) is 73.3 Å². The summed E-state index contributed by atoms with van der Waals surface area (Å²) in [5.41, 5.74) is 3.32. The van der Waals surface area contributed by atoms with Gasteiger partial charge in [-0.1, -0.05) is 0 Å². The molecule has 1 N–H and O–H groups in total. The highest BCUT2D eigenvalue weighted by atomic mass is 19.1. The van der Waals surface area contributed by atoms with Gasteiger partial charge < -0.3 is 5.32 Å². The molecule has 0 aliphatic heterocycles. The minimum Gasteiger partial charge on any atom is -0.348 e. The molecule has 132 valence electrons. The Morgan fingerprint density at radius 3 is 2.37 bits per heavy atom. The van der Waals surface area contributed by atoms with Crippen LogP contribution in [-0.2, 0) is 6.54 Å². The topological polar surface area (TPSA) is 67.8 Å². The second-order valence-electron chi connectivity index (χ2n) is 5.99. The lowest BCUT2D eigenvalue weighted by molar-refractivity contribution is 0.0952. The number of amides is 1. The van der Waals surface area contributed by atoms with E-state index >= 15 is 0 Å². The number of nitrogens with one attached hydrogen (secondary N) is 1. The molecule has 4 rings (SSSR count). The van der Waals surface area contributed by atoms with E-state index in [0.29, 0.717) is 28.7 Å². The van der Waals surface area contributed by atoms with Crippen molar-refractivity contribution >= 4 is 16.8 Å². The highest BCUT2D eigenvalue weighted by Crippen LogP contribution is 2.25. The largest absolute Gasteiger partial charge is 0.348 e. The molecule has 0 spiro atoms. The minimum absolute atomic E-state index is 0.292. The highest BCUT2D eigenvalue weighted by molar-refractivity contribution is 6.07. The molecule has 5 nitrogen and oxygen atoms in total. The molecule has 3 aromatic heterocycles. The van der Waals surface area contributed by atoms with Gasteiger partial charge in [-0.15, -0.1) is 0 Å². The summed E-state index contributed by atoms with van der Waals surface area (Å²) in [6, 6.07) is 13.2. The third kappa shape index (κ3) is 3.64. The van der Waals surface area contributed by atoms with Crippen LogP contribution >= 0.6 is 0 Å². The summed E-state index contributed by atoms with van der Waals surface area (Å²) in [6.07, 6.45) is 6.66. The summed E-state index contributed by atoms with van der Waals surface area (Å²) in [7, 11) is 0. The monoisotopic (exact) mass is 358 g/mol. The van der Waals surface area contributed by atoms with Crippen LogP contribution in [0.3, 0.4) is 0 Å². The van der Waals surface area contributed by atoms with Gasteiger partial charge >= 0.3 is 0 Å². The Hall–Kier alpha value is -3.67. The summed E-state index contributed by atoms with van der Waals surface area (Å²) in [5, 5.41) is 3.35. The standard InChI is InChI=1S/C21H15FN4O/c22-16-1-2-19-17(11-16)18(12-20(26-19)15-5-9-24-10-6-15)21(27)25-13-14-3-7-23-8-4-14/h1-12H,13H2,(H,25,27). The van der Waals surface area contributed by atoms with Gasteiger partial charge in [-0.2, -0.15) is 0 Å². The molecule has 4 aromatic rings. The van der Waals surface area contributed by atoms with Gasteiger partial charge in [-0.3, -0.25) is 14.8 Å². The van der Waals surface area contributed by atoms with Crippen molar-refractivity contribution in [2.45, 2.75) is 6.54 Å². The fourth-order valence-corrected chi connectivity index (χ4v) is 2.83. The lowest BCUT2D eigenvalue weighted by atomic mass is 10.0. The lowest BCUT2D eigenvalue weighted by Crippen LogP contribution is -2.23. The van der Waals surface area contributed by atoms with Gasteiger partial charge in [0.05, 0.1) is 16.8 Å². The number of pyridine rings is 3. The van der Waals surface area contributed by atoms with Gasteiger partial charge in [-0.25, -0.2) is 9.37 Å². The molecule has 0 unspecified atom stereocenters. The molecule has 3 heterocycles.